The van der Waals surface area contributed by atoms with E-state index in [1.807, 2.05) is 24.4 Å². The Kier molecular flexibility index (Phi) is 4.72. The highest BCUT2D eigenvalue weighted by Crippen LogP contribution is 2.45. The van der Waals surface area contributed by atoms with Gasteiger partial charge in [0.2, 0.25) is 0 Å². The highest BCUT2D eigenvalue weighted by molar-refractivity contribution is 5.59. The third-order valence-corrected chi connectivity index (χ3v) is 5.15. The van der Waals surface area contributed by atoms with Crippen LogP contribution in [-0.2, 0) is 20.8 Å². The normalized spacial score (nSPS) is 33.4. The summed E-state index contributed by atoms with van der Waals surface area (Å²) in [7, 11) is 0. The lowest BCUT2D eigenvalue weighted by atomic mass is 9.94. The van der Waals surface area contributed by atoms with Crippen molar-refractivity contribution < 1.29 is 19.2 Å². The Morgan fingerprint density at radius 1 is 1.20 bits per heavy atom. The molecule has 1 aromatic rings. The molecule has 25 heavy (non-hydrogen) atoms. The fourth-order valence-corrected chi connectivity index (χ4v) is 3.91. The number of nitrogens with zero attached hydrogens (tertiary/aromatic N) is 3. The van der Waals surface area contributed by atoms with E-state index in [-0.39, 0.29) is 12.2 Å². The van der Waals surface area contributed by atoms with E-state index in [9.17, 15) is 0 Å². The third-order valence-electron chi connectivity index (χ3n) is 5.15. The highest BCUT2D eigenvalue weighted by atomic mass is 16.8. The monoisotopic (exact) mass is 343 g/mol. The lowest BCUT2D eigenvalue weighted by molar-refractivity contribution is -0.473. The summed E-state index contributed by atoms with van der Waals surface area (Å²) in [5.41, 5.74) is 10.1. The van der Waals surface area contributed by atoms with Crippen molar-refractivity contribution in [2.75, 3.05) is 0 Å². The minimum atomic E-state index is -0.542. The molecule has 7 nitrogen and oxygen atoms in total. The zero-order valence-electron chi connectivity index (χ0n) is 14.1. The molecule has 3 fully saturated rings. The Morgan fingerprint density at radius 3 is 2.76 bits per heavy atom. The van der Waals surface area contributed by atoms with E-state index in [4.69, 9.17) is 19.7 Å². The third kappa shape index (κ3) is 3.41. The van der Waals surface area contributed by atoms with Crippen LogP contribution in [0.3, 0.4) is 0 Å². The zero-order chi connectivity index (χ0) is 17.1. The van der Waals surface area contributed by atoms with Crippen molar-refractivity contribution in [2.24, 2.45) is 5.11 Å². The van der Waals surface area contributed by atoms with E-state index in [1.54, 1.807) is 0 Å². The molecule has 0 radical (unpaired) electrons. The molecule has 4 rings (SSSR count). The maximum atomic E-state index is 8.94. The van der Waals surface area contributed by atoms with Crippen molar-refractivity contribution in [2.45, 2.75) is 69.0 Å². The smallest absolute Gasteiger partial charge is 0.188 e. The molecule has 1 spiro atoms. The Labute approximate surface area is 146 Å². The standard InChI is InChI=1S/C18H22N4O3/c19-22-21-15-14(12-20-11-13-7-3-1-4-8-13)23-17-16(15)24-18(25-17)9-5-2-6-10-18/h1,3-4,7-8,12,14-17H,2,5-6,9-11H2/p+1/t14-,15+,16-,17-/m1/s1. The van der Waals surface area contributed by atoms with Gasteiger partial charge < -0.3 is 14.2 Å². The van der Waals surface area contributed by atoms with E-state index in [0.717, 1.165) is 25.7 Å². The van der Waals surface area contributed by atoms with E-state index >= 15 is 0 Å². The first-order valence-corrected chi connectivity index (χ1v) is 8.96. The predicted molar refractivity (Wildman–Crippen MR) is 90.5 cm³/mol. The van der Waals surface area contributed by atoms with E-state index in [1.165, 1.54) is 12.0 Å². The molecule has 0 unspecified atom stereocenters. The molecule has 2 heterocycles. The van der Waals surface area contributed by atoms with Gasteiger partial charge in [-0.1, -0.05) is 41.9 Å². The number of benzene rings is 1. The van der Waals surface area contributed by atoms with Gasteiger partial charge in [-0.05, 0) is 18.4 Å². The molecule has 2 aliphatic heterocycles. The topological polar surface area (TPSA) is 90.4 Å². The van der Waals surface area contributed by atoms with Crippen molar-refractivity contribution in [3.05, 3.63) is 46.3 Å². The Bertz CT molecular complexity index is 668. The highest BCUT2D eigenvalue weighted by Gasteiger charge is 2.57. The van der Waals surface area contributed by atoms with Crippen molar-refractivity contribution in [1.29, 1.82) is 0 Å². The first-order valence-electron chi connectivity index (χ1n) is 8.96. The molecule has 0 bridgehead atoms. The van der Waals surface area contributed by atoms with E-state index in [0.29, 0.717) is 6.54 Å². The van der Waals surface area contributed by atoms with Crippen LogP contribution < -0.4 is 4.99 Å². The van der Waals surface area contributed by atoms with E-state index < -0.39 is 18.1 Å². The Morgan fingerprint density at radius 2 is 2.00 bits per heavy atom. The van der Waals surface area contributed by atoms with Gasteiger partial charge in [0.25, 0.3) is 0 Å². The fraction of sp³-hybridized carbons (Fsp3) is 0.611. The molecule has 3 aliphatic rings. The summed E-state index contributed by atoms with van der Waals surface area (Å²) in [4.78, 5) is 6.24. The molecular weight excluding hydrogens is 320 g/mol. The number of rotatable bonds is 4. The summed E-state index contributed by atoms with van der Waals surface area (Å²) < 4.78 is 18.3. The van der Waals surface area contributed by atoms with Crippen molar-refractivity contribution >= 4 is 6.21 Å². The largest absolute Gasteiger partial charge is 0.341 e. The molecule has 1 aromatic carbocycles. The number of fused-ring (bicyclic) bond motifs is 1. The number of nitrogens with one attached hydrogen (secondary N) is 1. The predicted octanol–water partition coefficient (Wildman–Crippen LogP) is 1.82. The number of ether oxygens (including phenoxy) is 3. The van der Waals surface area contributed by atoms with Crippen LogP contribution in [0.1, 0.15) is 37.7 Å². The Balaban J connectivity index is 1.43. The van der Waals surface area contributed by atoms with Gasteiger partial charge in [-0.25, -0.2) is 4.99 Å². The lowest BCUT2D eigenvalue weighted by Crippen LogP contribution is -2.69. The van der Waals surface area contributed by atoms with Crippen LogP contribution in [0.4, 0.5) is 0 Å². The second kappa shape index (κ2) is 7.14. The van der Waals surface area contributed by atoms with Gasteiger partial charge in [-0.15, -0.1) is 0 Å². The minimum absolute atomic E-state index is 0.339. The van der Waals surface area contributed by atoms with Gasteiger partial charge >= 0.3 is 0 Å². The van der Waals surface area contributed by atoms with Crippen LogP contribution in [-0.4, -0.2) is 36.5 Å². The molecule has 2 saturated heterocycles. The maximum absolute atomic E-state index is 8.94. The van der Waals surface area contributed by atoms with Crippen LogP contribution in [0.25, 0.3) is 10.4 Å². The molecule has 0 aromatic heterocycles. The van der Waals surface area contributed by atoms with Crippen LogP contribution in [0.15, 0.2) is 35.4 Å². The molecule has 4 atom stereocenters. The molecule has 1 saturated carbocycles. The van der Waals surface area contributed by atoms with Crippen molar-refractivity contribution in [3.8, 4) is 0 Å². The zero-order valence-corrected chi connectivity index (χ0v) is 14.1. The summed E-state index contributed by atoms with van der Waals surface area (Å²) in [5, 5.41) is 3.93. The second-order valence-electron chi connectivity index (χ2n) is 6.87. The molecule has 1 N–H and O–H groups in total. The van der Waals surface area contributed by atoms with Crippen molar-refractivity contribution in [1.82, 2.24) is 0 Å². The average Bonchev–Trinajstić information content (AvgIpc) is 3.12. The lowest BCUT2D eigenvalue weighted by Gasteiger charge is -2.33. The van der Waals surface area contributed by atoms with Gasteiger partial charge in [-0.3, -0.25) is 0 Å². The summed E-state index contributed by atoms with van der Waals surface area (Å²) in [6, 6.07) is 9.68. The van der Waals surface area contributed by atoms with Crippen LogP contribution in [0.2, 0.25) is 0 Å². The van der Waals surface area contributed by atoms with Gasteiger partial charge in [0.1, 0.15) is 18.2 Å². The van der Waals surface area contributed by atoms with Gasteiger partial charge in [0, 0.05) is 23.3 Å². The molecular formula is C18H23N4O3+. The Hall–Kier alpha value is -1.92. The number of azide groups is 1. The summed E-state index contributed by atoms with van der Waals surface area (Å²) in [6.07, 6.45) is 5.84. The summed E-state index contributed by atoms with van der Waals surface area (Å²) in [6.45, 7) is 0.685. The number of hydrogen-bond acceptors (Lipinski definition) is 4. The number of hydrogen-bond donors (Lipinski definition) is 1. The van der Waals surface area contributed by atoms with Crippen molar-refractivity contribution in [3.63, 3.8) is 0 Å². The van der Waals surface area contributed by atoms with Crippen LogP contribution >= 0.6 is 0 Å². The average molecular weight is 343 g/mol. The van der Waals surface area contributed by atoms with E-state index in [2.05, 4.69) is 27.2 Å². The maximum Gasteiger partial charge on any atom is 0.188 e. The molecule has 132 valence electrons. The quantitative estimate of drug-likeness (QED) is 0.391. The molecule has 0 amide bonds. The molecule has 1 aliphatic carbocycles. The first kappa shape index (κ1) is 16.5. The molecule has 7 heteroatoms. The second-order valence-corrected chi connectivity index (χ2v) is 6.87. The van der Waals surface area contributed by atoms with Gasteiger partial charge in [0.15, 0.2) is 24.8 Å². The van der Waals surface area contributed by atoms with Crippen LogP contribution in [0, 0.1) is 0 Å². The SMILES string of the molecule is [N-]=[N+]=N[C@@H]1[C@H]2OC3(CCCCC3)O[C@H]2O[C@@H]1C=[NH+]Cc1ccccc1. The first-order chi connectivity index (χ1) is 12.3. The van der Waals surface area contributed by atoms with Crippen LogP contribution in [0.5, 0.6) is 0 Å². The summed E-state index contributed by atoms with van der Waals surface area (Å²) >= 11 is 0. The van der Waals surface area contributed by atoms with Gasteiger partial charge in [0.05, 0.1) is 0 Å². The van der Waals surface area contributed by atoms with Gasteiger partial charge in [-0.2, -0.15) is 0 Å². The fourth-order valence-electron chi connectivity index (χ4n) is 3.91. The minimum Gasteiger partial charge on any atom is -0.341 e. The summed E-state index contributed by atoms with van der Waals surface area (Å²) in [5.74, 6) is -0.542.